The van der Waals surface area contributed by atoms with Crippen LogP contribution in [0.2, 0.25) is 0 Å². The summed E-state index contributed by atoms with van der Waals surface area (Å²) in [4.78, 5) is 41.8. The number of hydrogen-bond donors (Lipinski definition) is 2. The molecule has 2 N–H and O–H groups in total. The van der Waals surface area contributed by atoms with E-state index in [1.54, 1.807) is 44.7 Å². The number of alkyl halides is 5. The van der Waals surface area contributed by atoms with Gasteiger partial charge in [-0.05, 0) is 100 Å². The first-order chi connectivity index (χ1) is 26.1. The van der Waals surface area contributed by atoms with Crippen LogP contribution in [0.3, 0.4) is 0 Å². The van der Waals surface area contributed by atoms with Crippen molar-refractivity contribution in [3.05, 3.63) is 91.4 Å². The van der Waals surface area contributed by atoms with E-state index in [0.29, 0.717) is 22.8 Å². The molecule has 3 aromatic rings. The summed E-state index contributed by atoms with van der Waals surface area (Å²) in [5.41, 5.74) is -1.05. The van der Waals surface area contributed by atoms with Crippen LogP contribution in [0.4, 0.5) is 30.7 Å². The van der Waals surface area contributed by atoms with Crippen LogP contribution in [0.15, 0.2) is 35.3 Å². The molecule has 1 aliphatic heterocycles. The number of halogens is 7. The second-order valence-electron chi connectivity index (χ2n) is 15.6. The third-order valence-corrected chi connectivity index (χ3v) is 10.7. The fraction of sp³-hybridized carbons (Fsp3) is 0.500. The maximum atomic E-state index is 16.8. The third-order valence-electron chi connectivity index (χ3n) is 10.7. The van der Waals surface area contributed by atoms with E-state index in [0.717, 1.165) is 16.3 Å². The van der Waals surface area contributed by atoms with Crippen molar-refractivity contribution >= 4 is 11.9 Å². The second-order valence-corrected chi connectivity index (χ2v) is 15.6. The highest BCUT2D eigenvalue weighted by atomic mass is 19.4. The van der Waals surface area contributed by atoms with Crippen LogP contribution in [0.1, 0.15) is 110 Å². The number of rotatable bonds is 12. The van der Waals surface area contributed by atoms with Gasteiger partial charge in [0, 0.05) is 42.3 Å². The van der Waals surface area contributed by atoms with Crippen molar-refractivity contribution in [1.29, 1.82) is 0 Å². The molecular formula is C42H46F7N3O4. The number of aryl methyl sites for hydroxylation is 3. The van der Waals surface area contributed by atoms with E-state index in [1.807, 2.05) is 6.92 Å². The number of benzene rings is 2. The molecule has 1 saturated heterocycles. The van der Waals surface area contributed by atoms with E-state index in [2.05, 4.69) is 17.2 Å². The Balaban J connectivity index is 1.57. The summed E-state index contributed by atoms with van der Waals surface area (Å²) in [5, 5.41) is 12.4. The molecule has 1 aromatic heterocycles. The lowest BCUT2D eigenvalue weighted by atomic mass is 9.87. The molecule has 302 valence electrons. The van der Waals surface area contributed by atoms with Crippen molar-refractivity contribution in [3.8, 4) is 23.0 Å². The molecule has 5 rings (SSSR count). The highest BCUT2D eigenvalue weighted by molar-refractivity contribution is 5.82. The smallest absolute Gasteiger partial charge is 0.416 e. The molecule has 2 fully saturated rings. The number of carbonyl (C=O) groups excluding carboxylic acids is 1. The van der Waals surface area contributed by atoms with E-state index in [4.69, 9.17) is 0 Å². The van der Waals surface area contributed by atoms with Crippen LogP contribution < -0.4 is 10.9 Å². The fourth-order valence-electron chi connectivity index (χ4n) is 8.02. The van der Waals surface area contributed by atoms with Crippen LogP contribution in [0.5, 0.6) is 0 Å². The zero-order valence-corrected chi connectivity index (χ0v) is 32.1. The molecule has 0 radical (unpaired) electrons. The Kier molecular flexibility index (Phi) is 12.5. The van der Waals surface area contributed by atoms with Crippen molar-refractivity contribution in [3.63, 3.8) is 0 Å². The van der Waals surface area contributed by atoms with E-state index in [1.165, 1.54) is 13.0 Å². The maximum Gasteiger partial charge on any atom is 0.416 e. The first kappa shape index (κ1) is 42.5. The molecular weight excluding hydrogens is 743 g/mol. The van der Waals surface area contributed by atoms with E-state index < -0.39 is 82.6 Å². The summed E-state index contributed by atoms with van der Waals surface area (Å²) in [5.74, 6) is -4.30. The highest BCUT2D eigenvalue weighted by Crippen LogP contribution is 2.49. The minimum Gasteiger partial charge on any atom is -0.481 e. The summed E-state index contributed by atoms with van der Waals surface area (Å²) in [6.45, 7) is 10.8. The highest BCUT2D eigenvalue weighted by Gasteiger charge is 2.57. The SMILES string of the molecule is CC#Cc1cc(-c2c(C)cc(C)cc2C)c(F)c(C(CC(=O)O)NC(=O)C(CC(C)C)n2cc(C3CCN(CC4CC4(F)F)CC3)c(C(F)(F)F)cc2=O)c1F. The monoisotopic (exact) mass is 789 g/mol. The minimum absolute atomic E-state index is 0.0713. The van der Waals surface area contributed by atoms with Gasteiger partial charge in [0.25, 0.3) is 11.5 Å². The van der Waals surface area contributed by atoms with E-state index in [-0.39, 0.29) is 67.9 Å². The van der Waals surface area contributed by atoms with Crippen LogP contribution in [0, 0.1) is 56.1 Å². The number of likely N-dealkylation sites (tertiary alicyclic amines) is 1. The summed E-state index contributed by atoms with van der Waals surface area (Å²) in [6.07, 6.45) is -4.90. The molecule has 56 heavy (non-hydrogen) atoms. The van der Waals surface area contributed by atoms with Crippen molar-refractivity contribution in [1.82, 2.24) is 14.8 Å². The van der Waals surface area contributed by atoms with Gasteiger partial charge in [0.05, 0.1) is 23.6 Å². The van der Waals surface area contributed by atoms with Crippen molar-refractivity contribution in [2.45, 2.75) is 104 Å². The molecule has 0 bridgehead atoms. The molecule has 2 heterocycles. The zero-order chi connectivity index (χ0) is 41.4. The molecule has 1 saturated carbocycles. The predicted molar refractivity (Wildman–Crippen MR) is 197 cm³/mol. The number of carboxylic acid groups (broad SMARTS) is 1. The van der Waals surface area contributed by atoms with Gasteiger partial charge >= 0.3 is 12.1 Å². The van der Waals surface area contributed by atoms with Gasteiger partial charge in [-0.3, -0.25) is 14.4 Å². The lowest BCUT2D eigenvalue weighted by Gasteiger charge is -2.34. The molecule has 0 spiro atoms. The fourth-order valence-corrected chi connectivity index (χ4v) is 8.02. The Morgan fingerprint density at radius 2 is 1.62 bits per heavy atom. The molecule has 14 heteroatoms. The Labute approximate surface area is 321 Å². The van der Waals surface area contributed by atoms with Crippen LogP contribution in [-0.4, -0.2) is 52.0 Å². The zero-order valence-electron chi connectivity index (χ0n) is 32.1. The van der Waals surface area contributed by atoms with Gasteiger partial charge < -0.3 is 19.9 Å². The maximum absolute atomic E-state index is 16.8. The normalized spacial score (nSPS) is 18.3. The third kappa shape index (κ3) is 9.31. The number of aliphatic carboxylic acids is 1. The number of aromatic nitrogens is 1. The van der Waals surface area contributed by atoms with Crippen molar-refractivity contribution < 1.29 is 45.4 Å². The number of carbonyl (C=O) groups is 2. The number of hydrogen-bond acceptors (Lipinski definition) is 4. The van der Waals surface area contributed by atoms with Gasteiger partial charge in [0.2, 0.25) is 5.91 Å². The molecule has 3 unspecified atom stereocenters. The van der Waals surface area contributed by atoms with Crippen LogP contribution >= 0.6 is 0 Å². The number of amides is 1. The lowest BCUT2D eigenvalue weighted by Crippen LogP contribution is -2.41. The van der Waals surface area contributed by atoms with Crippen LogP contribution in [0.25, 0.3) is 11.1 Å². The van der Waals surface area contributed by atoms with Gasteiger partial charge in [-0.25, -0.2) is 17.6 Å². The topological polar surface area (TPSA) is 91.6 Å². The number of piperidine rings is 1. The average molecular weight is 790 g/mol. The van der Waals surface area contributed by atoms with Crippen LogP contribution in [-0.2, 0) is 15.8 Å². The molecule has 1 aliphatic carbocycles. The van der Waals surface area contributed by atoms with Gasteiger partial charge in [-0.1, -0.05) is 37.5 Å². The molecule has 2 aromatic carbocycles. The van der Waals surface area contributed by atoms with E-state index in [9.17, 15) is 41.4 Å². The average Bonchev–Trinajstić information content (AvgIpc) is 3.69. The number of nitrogens with zero attached hydrogens (tertiary/aromatic N) is 2. The summed E-state index contributed by atoms with van der Waals surface area (Å²) < 4.78 is 104. The summed E-state index contributed by atoms with van der Waals surface area (Å²) in [7, 11) is 0. The summed E-state index contributed by atoms with van der Waals surface area (Å²) >= 11 is 0. The Morgan fingerprint density at radius 1 is 1.02 bits per heavy atom. The minimum atomic E-state index is -4.93. The van der Waals surface area contributed by atoms with Gasteiger partial charge in [-0.15, -0.1) is 5.92 Å². The van der Waals surface area contributed by atoms with Gasteiger partial charge in [0.1, 0.15) is 17.7 Å². The van der Waals surface area contributed by atoms with Gasteiger partial charge in [-0.2, -0.15) is 13.2 Å². The second kappa shape index (κ2) is 16.5. The number of carboxylic acids is 1. The van der Waals surface area contributed by atoms with Crippen molar-refractivity contribution in [2.24, 2.45) is 11.8 Å². The first-order valence-corrected chi connectivity index (χ1v) is 18.6. The number of pyridine rings is 1. The van der Waals surface area contributed by atoms with E-state index >= 15 is 8.78 Å². The Morgan fingerprint density at radius 3 is 2.14 bits per heavy atom. The molecule has 2 aliphatic rings. The van der Waals surface area contributed by atoms with Gasteiger partial charge in [0.15, 0.2) is 0 Å². The Bertz CT molecular complexity index is 2100. The lowest BCUT2D eigenvalue weighted by molar-refractivity contribution is -0.139. The predicted octanol–water partition coefficient (Wildman–Crippen LogP) is 8.86. The first-order valence-electron chi connectivity index (χ1n) is 18.6. The van der Waals surface area contributed by atoms with Crippen molar-refractivity contribution in [2.75, 3.05) is 19.6 Å². The number of nitrogens with one attached hydrogen (secondary N) is 1. The largest absolute Gasteiger partial charge is 0.481 e. The molecule has 7 nitrogen and oxygen atoms in total. The standard InChI is InChI=1S/C42H46F7N3O4/c1-7-8-27-16-29(36-24(5)14-23(4)15-25(36)6)39(44)37(38(27)43)32(18-35(54)55)50-40(56)33(13-22(2)3)52-21-30(31(17-34(52)53)42(47,48)49)26-9-11-51(12-10-26)20-28-19-41(28,45)46/h14-17,21-22,26,28,32-33H,9-13,18-20H2,1-6H3,(H,50,56)(H,54,55). The quantitative estimate of drug-likeness (QED) is 0.141. The Hall–Kier alpha value is -4.64. The molecule has 3 atom stereocenters. The summed E-state index contributed by atoms with van der Waals surface area (Å²) in [6, 6.07) is 1.92. The molecule has 1 amide bonds.